The maximum Gasteiger partial charge on any atom is 0.291 e. The van der Waals surface area contributed by atoms with Crippen LogP contribution in [-0.2, 0) is 6.42 Å². The number of nitro groups is 1. The molecule has 0 radical (unpaired) electrons. The van der Waals surface area contributed by atoms with Crippen LogP contribution in [-0.4, -0.2) is 28.3 Å². The van der Waals surface area contributed by atoms with Crippen molar-refractivity contribution in [2.24, 2.45) is 0 Å². The number of hydrogen-bond acceptors (Lipinski definition) is 5. The Kier molecular flexibility index (Phi) is 5.18. The molecular weight excluding hydrogens is 356 g/mol. The third-order valence-electron chi connectivity index (χ3n) is 4.63. The maximum atomic E-state index is 11.1. The number of nitrogens with zero attached hydrogens (tertiary/aromatic N) is 1. The zero-order valence-electron chi connectivity index (χ0n) is 14.6. The van der Waals surface area contributed by atoms with E-state index in [1.807, 2.05) is 30.3 Å². The summed E-state index contributed by atoms with van der Waals surface area (Å²) in [4.78, 5) is 10.6. The van der Waals surface area contributed by atoms with Gasteiger partial charge in [0.1, 0.15) is 22.5 Å². The minimum absolute atomic E-state index is 0.0270. The smallest absolute Gasteiger partial charge is 0.291 e. The van der Waals surface area contributed by atoms with Crippen LogP contribution in [0.4, 0.5) is 5.69 Å². The summed E-state index contributed by atoms with van der Waals surface area (Å²) in [6, 6.07) is 12.4. The Hall–Kier alpha value is -2.15. The Balaban J connectivity index is 1.87. The lowest BCUT2D eigenvalue weighted by molar-refractivity contribution is -0.384. The van der Waals surface area contributed by atoms with Crippen molar-refractivity contribution >= 4 is 17.3 Å². The quantitative estimate of drug-likeness (QED) is 0.614. The second-order valence-corrected chi connectivity index (χ2v) is 7.32. The van der Waals surface area contributed by atoms with Crippen LogP contribution in [0.25, 0.3) is 0 Å². The molecule has 0 aliphatic carbocycles. The van der Waals surface area contributed by atoms with Gasteiger partial charge in [-0.1, -0.05) is 41.9 Å². The van der Waals surface area contributed by atoms with Crippen LogP contribution >= 0.6 is 11.6 Å². The van der Waals surface area contributed by atoms with Crippen LogP contribution < -0.4 is 10.1 Å². The molecule has 138 valence electrons. The Bertz CT molecular complexity index is 811. The number of ether oxygens (including phenoxy) is 1. The molecular formula is C19H21ClN2O4. The van der Waals surface area contributed by atoms with Crippen LogP contribution in [0.5, 0.6) is 5.75 Å². The van der Waals surface area contributed by atoms with Gasteiger partial charge in [0.25, 0.3) is 5.69 Å². The molecule has 26 heavy (non-hydrogen) atoms. The largest absolute Gasteiger partial charge is 0.484 e. The van der Waals surface area contributed by atoms with Gasteiger partial charge in [0.15, 0.2) is 0 Å². The average Bonchev–Trinajstić information content (AvgIpc) is 2.59. The van der Waals surface area contributed by atoms with Crippen LogP contribution in [0.2, 0.25) is 5.02 Å². The molecule has 1 heterocycles. The van der Waals surface area contributed by atoms with Gasteiger partial charge in [0.05, 0.1) is 17.0 Å². The van der Waals surface area contributed by atoms with Gasteiger partial charge in [-0.05, 0) is 38.4 Å². The van der Waals surface area contributed by atoms with Crippen molar-refractivity contribution in [1.82, 2.24) is 5.32 Å². The Labute approximate surface area is 156 Å². The highest BCUT2D eigenvalue weighted by molar-refractivity contribution is 6.32. The van der Waals surface area contributed by atoms with E-state index in [1.165, 1.54) is 17.7 Å². The predicted molar refractivity (Wildman–Crippen MR) is 99.7 cm³/mol. The first-order valence-corrected chi connectivity index (χ1v) is 8.79. The molecule has 2 N–H and O–H groups in total. The van der Waals surface area contributed by atoms with Gasteiger partial charge in [-0.3, -0.25) is 10.1 Å². The number of nitro benzene ring substituents is 1. The number of hydrogen-bond donors (Lipinski definition) is 2. The van der Waals surface area contributed by atoms with Crippen molar-refractivity contribution in [1.29, 1.82) is 0 Å². The highest BCUT2D eigenvalue weighted by Crippen LogP contribution is 2.43. The van der Waals surface area contributed by atoms with Crippen LogP contribution in [0.1, 0.15) is 31.0 Å². The lowest BCUT2D eigenvalue weighted by Crippen LogP contribution is -2.52. The van der Waals surface area contributed by atoms with Crippen LogP contribution in [0.15, 0.2) is 42.5 Å². The van der Waals surface area contributed by atoms with E-state index >= 15 is 0 Å². The molecule has 0 unspecified atom stereocenters. The molecule has 3 rings (SSSR count). The molecule has 2 aromatic carbocycles. The molecule has 6 nitrogen and oxygen atoms in total. The van der Waals surface area contributed by atoms with E-state index in [1.54, 1.807) is 13.8 Å². The fourth-order valence-corrected chi connectivity index (χ4v) is 3.42. The van der Waals surface area contributed by atoms with Gasteiger partial charge in [-0.15, -0.1) is 0 Å². The Morgan fingerprint density at radius 2 is 2.00 bits per heavy atom. The lowest BCUT2D eigenvalue weighted by Gasteiger charge is -2.42. The highest BCUT2D eigenvalue weighted by atomic mass is 35.5. The topological polar surface area (TPSA) is 84.6 Å². The number of nitrogens with one attached hydrogen (secondary N) is 1. The van der Waals surface area contributed by atoms with Gasteiger partial charge >= 0.3 is 0 Å². The van der Waals surface area contributed by atoms with Gasteiger partial charge in [0, 0.05) is 5.56 Å². The van der Waals surface area contributed by atoms with Gasteiger partial charge in [-0.25, -0.2) is 0 Å². The molecule has 0 saturated carbocycles. The SMILES string of the molecule is CC1(C)Oc2cc([N+](=O)[O-])c(Cl)cc2[C@H](NCCc2ccccc2)[C@H]1O. The van der Waals surface area contributed by atoms with E-state index in [0.717, 1.165) is 6.42 Å². The monoisotopic (exact) mass is 376 g/mol. The third kappa shape index (κ3) is 3.67. The van der Waals surface area contributed by atoms with Gasteiger partial charge in [-0.2, -0.15) is 0 Å². The molecule has 0 saturated heterocycles. The predicted octanol–water partition coefficient (Wildman–Crippen LogP) is 3.65. The van der Waals surface area contributed by atoms with E-state index in [4.69, 9.17) is 16.3 Å². The van der Waals surface area contributed by atoms with Crippen molar-refractivity contribution in [2.45, 2.75) is 38.0 Å². The van der Waals surface area contributed by atoms with E-state index in [2.05, 4.69) is 5.32 Å². The highest BCUT2D eigenvalue weighted by Gasteiger charge is 2.43. The van der Waals surface area contributed by atoms with Gasteiger partial charge < -0.3 is 15.2 Å². The summed E-state index contributed by atoms with van der Waals surface area (Å²) < 4.78 is 5.82. The van der Waals surface area contributed by atoms with E-state index in [0.29, 0.717) is 17.9 Å². The molecule has 1 aliphatic heterocycles. The molecule has 2 aromatic rings. The molecule has 7 heteroatoms. The second-order valence-electron chi connectivity index (χ2n) is 6.92. The molecule has 0 amide bonds. The van der Waals surface area contributed by atoms with E-state index in [9.17, 15) is 15.2 Å². The van der Waals surface area contributed by atoms with Crippen molar-refractivity contribution in [3.63, 3.8) is 0 Å². The average molecular weight is 377 g/mol. The number of rotatable bonds is 5. The van der Waals surface area contributed by atoms with E-state index in [-0.39, 0.29) is 10.7 Å². The summed E-state index contributed by atoms with van der Waals surface area (Å²) in [5.74, 6) is 0.369. The number of aliphatic hydroxyl groups is 1. The first-order chi connectivity index (χ1) is 12.3. The Morgan fingerprint density at radius 1 is 1.31 bits per heavy atom. The Morgan fingerprint density at radius 3 is 2.65 bits per heavy atom. The zero-order valence-corrected chi connectivity index (χ0v) is 15.4. The summed E-state index contributed by atoms with van der Waals surface area (Å²) in [5, 5.41) is 25.3. The fraction of sp³-hybridized carbons (Fsp3) is 0.368. The molecule has 0 fully saturated rings. The van der Waals surface area contributed by atoms with E-state index < -0.39 is 22.7 Å². The third-order valence-corrected chi connectivity index (χ3v) is 4.94. The maximum absolute atomic E-state index is 11.1. The van der Waals surface area contributed by atoms with Crippen molar-refractivity contribution in [3.05, 3.63) is 68.7 Å². The first-order valence-electron chi connectivity index (χ1n) is 8.42. The summed E-state index contributed by atoms with van der Waals surface area (Å²) in [6.07, 6.45) is -0.0372. The lowest BCUT2D eigenvalue weighted by atomic mass is 9.86. The van der Waals surface area contributed by atoms with Crippen molar-refractivity contribution in [3.8, 4) is 5.75 Å². The van der Waals surface area contributed by atoms with Crippen molar-refractivity contribution in [2.75, 3.05) is 6.54 Å². The second kappa shape index (κ2) is 7.23. The number of benzene rings is 2. The van der Waals surface area contributed by atoms with Crippen molar-refractivity contribution < 1.29 is 14.8 Å². The molecule has 0 aromatic heterocycles. The standard InChI is InChI=1S/C19H21ClN2O4/c1-19(2)18(23)17(21-9-8-12-6-4-3-5-7-12)13-10-14(20)15(22(24)25)11-16(13)26-19/h3-7,10-11,17-18,21,23H,8-9H2,1-2H3/t17-,18+/m0/s1. The van der Waals surface area contributed by atoms with Gasteiger partial charge in [0.2, 0.25) is 0 Å². The zero-order chi connectivity index (χ0) is 18.9. The first kappa shape index (κ1) is 18.6. The molecule has 0 bridgehead atoms. The molecule has 0 spiro atoms. The fourth-order valence-electron chi connectivity index (χ4n) is 3.18. The number of fused-ring (bicyclic) bond motifs is 1. The minimum atomic E-state index is -0.890. The molecule has 1 aliphatic rings. The summed E-state index contributed by atoms with van der Waals surface area (Å²) in [7, 11) is 0. The van der Waals surface area contributed by atoms with Crippen LogP contribution in [0.3, 0.4) is 0 Å². The summed E-state index contributed by atoms with van der Waals surface area (Å²) in [6.45, 7) is 4.15. The van der Waals surface area contributed by atoms with Crippen LogP contribution in [0, 0.1) is 10.1 Å². The molecule has 2 atom stereocenters. The number of halogens is 1. The minimum Gasteiger partial charge on any atom is -0.484 e. The normalized spacial score (nSPS) is 20.9. The summed E-state index contributed by atoms with van der Waals surface area (Å²) >= 11 is 6.06. The summed E-state index contributed by atoms with van der Waals surface area (Å²) in [5.41, 5.74) is 0.711. The number of aliphatic hydroxyl groups excluding tert-OH is 1.